The molecule has 3 fully saturated rings. The summed E-state index contributed by atoms with van der Waals surface area (Å²) in [6.45, 7) is -0.0709. The minimum Gasteiger partial charge on any atom is -0.496 e. The molecule has 2 aliphatic heterocycles. The van der Waals surface area contributed by atoms with Gasteiger partial charge < -0.3 is 14.8 Å². The van der Waals surface area contributed by atoms with Gasteiger partial charge in [-0.3, -0.25) is 24.1 Å². The van der Waals surface area contributed by atoms with Gasteiger partial charge in [-0.15, -0.1) is 11.8 Å². The highest BCUT2D eigenvalue weighted by atomic mass is 32.2. The quantitative estimate of drug-likeness (QED) is 0.623. The molecule has 1 aromatic carbocycles. The Morgan fingerprint density at radius 1 is 1.18 bits per heavy atom. The number of aromatic amines is 1. The molecule has 2 saturated carbocycles. The molecule has 2 aliphatic carbocycles. The van der Waals surface area contributed by atoms with Gasteiger partial charge in [0.15, 0.2) is 0 Å². The zero-order valence-corrected chi connectivity index (χ0v) is 19.4. The number of imide groups is 1. The number of para-hydroxylation sites is 1. The van der Waals surface area contributed by atoms with Crippen molar-refractivity contribution in [2.75, 3.05) is 13.7 Å². The first-order valence-corrected chi connectivity index (χ1v) is 12.7. The molecule has 33 heavy (non-hydrogen) atoms. The number of carboxylic acid groups (broad SMARTS) is 1. The van der Waals surface area contributed by atoms with Crippen molar-refractivity contribution in [1.29, 1.82) is 0 Å². The van der Waals surface area contributed by atoms with Crippen molar-refractivity contribution in [3.63, 3.8) is 0 Å². The van der Waals surface area contributed by atoms with E-state index < -0.39 is 17.8 Å². The van der Waals surface area contributed by atoms with E-state index in [1.165, 1.54) is 16.2 Å². The van der Waals surface area contributed by atoms with Gasteiger partial charge >= 0.3 is 10.8 Å². The summed E-state index contributed by atoms with van der Waals surface area (Å²) in [5, 5.41) is 10.0. The molecule has 7 atom stereocenters. The molecule has 2 amide bonds. The molecule has 6 rings (SSSR count). The van der Waals surface area contributed by atoms with Crippen LogP contribution in [0.3, 0.4) is 0 Å². The van der Waals surface area contributed by atoms with Gasteiger partial charge in [0.1, 0.15) is 5.75 Å². The van der Waals surface area contributed by atoms with Crippen LogP contribution in [-0.2, 0) is 14.4 Å². The normalized spacial score (nSPS) is 33.7. The third-order valence-corrected chi connectivity index (χ3v) is 10.4. The molecule has 172 valence electrons. The summed E-state index contributed by atoms with van der Waals surface area (Å²) >= 11 is 2.85. The maximum Gasteiger partial charge on any atom is 0.305 e. The SMILES string of the molecule is COc1ccccc1[C@@H]1c2sc(=O)[nH]c2S[C@H]2[C@@H]3C[C@@H]([C@@H]4C(=O)N(CCC(=O)O)C(=O)[C@@H]34)[C@H]12. The largest absolute Gasteiger partial charge is 0.496 e. The van der Waals surface area contributed by atoms with Crippen molar-refractivity contribution in [1.82, 2.24) is 9.88 Å². The lowest BCUT2D eigenvalue weighted by atomic mass is 9.68. The summed E-state index contributed by atoms with van der Waals surface area (Å²) in [5.74, 6) is -1.51. The number of ether oxygens (including phenoxy) is 1. The second-order valence-electron chi connectivity index (χ2n) is 9.17. The fourth-order valence-electron chi connectivity index (χ4n) is 6.78. The third kappa shape index (κ3) is 2.89. The first-order valence-electron chi connectivity index (χ1n) is 11.0. The van der Waals surface area contributed by atoms with Gasteiger partial charge in [0, 0.05) is 28.2 Å². The summed E-state index contributed by atoms with van der Waals surface area (Å²) in [7, 11) is 1.63. The number of amides is 2. The lowest BCUT2D eigenvalue weighted by Crippen LogP contribution is -2.42. The van der Waals surface area contributed by atoms with Crippen LogP contribution < -0.4 is 9.61 Å². The average molecular weight is 487 g/mol. The van der Waals surface area contributed by atoms with E-state index in [9.17, 15) is 19.2 Å². The van der Waals surface area contributed by atoms with Gasteiger partial charge in [0.25, 0.3) is 0 Å². The van der Waals surface area contributed by atoms with Crippen LogP contribution in [0.25, 0.3) is 0 Å². The van der Waals surface area contributed by atoms with Crippen molar-refractivity contribution in [2.24, 2.45) is 29.6 Å². The number of carboxylic acids is 1. The second-order valence-corrected chi connectivity index (χ2v) is 11.4. The Kier molecular flexibility index (Phi) is 4.74. The van der Waals surface area contributed by atoms with E-state index in [0.717, 1.165) is 27.6 Å². The highest BCUT2D eigenvalue weighted by Gasteiger charge is 2.69. The second kappa shape index (κ2) is 7.46. The number of aromatic nitrogens is 1. The molecule has 8 nitrogen and oxygen atoms in total. The standard InChI is InChI=1S/C23H22N2O6S2/c1-31-12-5-3-2-4-9(12)14-15-10-8-11(18(15)32-20-19(14)33-23(30)24-20)17-16(10)21(28)25(22(17)29)7-6-13(26)27/h2-5,10-11,14-18H,6-8H2,1H3,(H,24,30)(H,26,27)/t10-,11-,14+,15-,16+,17+,18+/m1/s1. The summed E-state index contributed by atoms with van der Waals surface area (Å²) in [6, 6.07) is 7.80. The number of H-pyrrole nitrogens is 1. The number of carbonyl (C=O) groups excluding carboxylic acids is 2. The number of nitrogens with zero attached hydrogens (tertiary/aromatic N) is 1. The van der Waals surface area contributed by atoms with E-state index in [0.29, 0.717) is 0 Å². The number of thiazole rings is 1. The number of fused-ring (bicyclic) bond motifs is 9. The molecule has 4 aliphatic rings. The Morgan fingerprint density at radius 2 is 1.91 bits per heavy atom. The number of benzene rings is 1. The average Bonchev–Trinajstić information content (AvgIpc) is 3.51. The number of hydrogen-bond donors (Lipinski definition) is 2. The predicted octanol–water partition coefficient (Wildman–Crippen LogP) is 2.39. The molecular weight excluding hydrogens is 464 g/mol. The number of nitrogens with one attached hydrogen (secondary N) is 1. The van der Waals surface area contributed by atoms with Crippen LogP contribution in [-0.4, -0.2) is 51.7 Å². The lowest BCUT2D eigenvalue weighted by Gasteiger charge is -2.43. The van der Waals surface area contributed by atoms with E-state index >= 15 is 0 Å². The molecule has 0 radical (unpaired) electrons. The fourth-order valence-corrected chi connectivity index (χ4v) is 9.66. The topological polar surface area (TPSA) is 117 Å². The van der Waals surface area contributed by atoms with Crippen molar-refractivity contribution < 1.29 is 24.2 Å². The number of thioether (sulfide) groups is 1. The Morgan fingerprint density at radius 3 is 2.64 bits per heavy atom. The minimum atomic E-state index is -1.02. The molecule has 0 unspecified atom stereocenters. The van der Waals surface area contributed by atoms with Gasteiger partial charge in [-0.05, 0) is 30.2 Å². The number of methoxy groups -OCH3 is 1. The van der Waals surface area contributed by atoms with Gasteiger partial charge in [-0.2, -0.15) is 0 Å². The lowest BCUT2D eigenvalue weighted by molar-refractivity contribution is -0.142. The van der Waals surface area contributed by atoms with E-state index in [1.54, 1.807) is 18.9 Å². The van der Waals surface area contributed by atoms with Crippen LogP contribution in [0.15, 0.2) is 34.1 Å². The fraction of sp³-hybridized carbons (Fsp3) is 0.478. The highest BCUT2D eigenvalue weighted by Crippen LogP contribution is 2.68. The first-order chi connectivity index (χ1) is 15.9. The van der Waals surface area contributed by atoms with Crippen LogP contribution in [0.4, 0.5) is 0 Å². The smallest absolute Gasteiger partial charge is 0.305 e. The minimum absolute atomic E-state index is 0.00374. The number of hydrogen-bond acceptors (Lipinski definition) is 7. The maximum absolute atomic E-state index is 13.3. The molecule has 2 N–H and O–H groups in total. The van der Waals surface area contributed by atoms with Gasteiger partial charge in [0.2, 0.25) is 11.8 Å². The van der Waals surface area contributed by atoms with E-state index in [1.807, 2.05) is 24.3 Å². The van der Waals surface area contributed by atoms with Crippen molar-refractivity contribution in [2.45, 2.75) is 29.0 Å². The maximum atomic E-state index is 13.3. The van der Waals surface area contributed by atoms with Crippen LogP contribution in [0.2, 0.25) is 0 Å². The van der Waals surface area contributed by atoms with E-state index in [-0.39, 0.29) is 58.6 Å². The molecule has 1 aromatic heterocycles. The highest BCUT2D eigenvalue weighted by molar-refractivity contribution is 8.00. The summed E-state index contributed by atoms with van der Waals surface area (Å²) < 4.78 is 5.67. The molecule has 2 bridgehead atoms. The van der Waals surface area contributed by atoms with Gasteiger partial charge in [0.05, 0.1) is 30.4 Å². The zero-order valence-electron chi connectivity index (χ0n) is 17.7. The van der Waals surface area contributed by atoms with Gasteiger partial charge in [-0.1, -0.05) is 29.5 Å². The first kappa shape index (κ1) is 21.0. The summed E-state index contributed by atoms with van der Waals surface area (Å²) in [4.78, 5) is 54.9. The van der Waals surface area contributed by atoms with E-state index in [2.05, 4.69) is 4.98 Å². The van der Waals surface area contributed by atoms with Crippen LogP contribution in [0.1, 0.15) is 29.2 Å². The molecule has 3 heterocycles. The molecule has 10 heteroatoms. The Hall–Kier alpha value is -2.59. The Labute approximate surface area is 197 Å². The number of rotatable bonds is 5. The summed E-state index contributed by atoms with van der Waals surface area (Å²) in [6.07, 6.45) is 0.558. The van der Waals surface area contributed by atoms with Crippen LogP contribution >= 0.6 is 23.1 Å². The van der Waals surface area contributed by atoms with Gasteiger partial charge in [-0.25, -0.2) is 0 Å². The molecule has 0 spiro atoms. The number of likely N-dealkylation sites (tertiary alicyclic amines) is 1. The Bertz CT molecular complexity index is 1240. The van der Waals surface area contributed by atoms with Crippen LogP contribution in [0, 0.1) is 29.6 Å². The molecule has 2 aromatic rings. The zero-order chi connectivity index (χ0) is 23.0. The number of aliphatic carboxylic acids is 1. The number of carbonyl (C=O) groups is 3. The van der Waals surface area contributed by atoms with E-state index in [4.69, 9.17) is 9.84 Å². The molecular formula is C23H22N2O6S2. The van der Waals surface area contributed by atoms with Crippen molar-refractivity contribution >= 4 is 40.9 Å². The monoisotopic (exact) mass is 486 g/mol. The van der Waals surface area contributed by atoms with Crippen LogP contribution in [0.5, 0.6) is 5.75 Å². The third-order valence-electron chi connectivity index (χ3n) is 7.84. The molecule has 1 saturated heterocycles. The van der Waals surface area contributed by atoms with Crippen molar-refractivity contribution in [3.8, 4) is 5.75 Å². The van der Waals surface area contributed by atoms with Crippen molar-refractivity contribution in [3.05, 3.63) is 44.4 Å². The predicted molar refractivity (Wildman–Crippen MR) is 120 cm³/mol. The summed E-state index contributed by atoms with van der Waals surface area (Å²) in [5.41, 5.74) is 0.996. The Balaban J connectivity index is 1.43.